The molecule has 72 valence electrons. The molecule has 0 aromatic carbocycles. The maximum absolute atomic E-state index is 11.9. The zero-order valence-electron chi connectivity index (χ0n) is 7.78. The molecule has 0 aromatic rings. The van der Waals surface area contributed by atoms with Crippen LogP contribution in [0.15, 0.2) is 11.6 Å². The Kier molecular flexibility index (Phi) is 9.02. The standard InChI is InChI=1S/C10H18ClF/c1-2-3-5-10(7-8-11)6-4-9-12/h7H,2-6,8-9H2,1H3/b10-7-. The summed E-state index contributed by atoms with van der Waals surface area (Å²) < 4.78 is 11.9. The first-order chi connectivity index (χ1) is 5.85. The molecular formula is C10H18ClF. The molecule has 12 heavy (non-hydrogen) atoms. The molecule has 0 amide bonds. The van der Waals surface area contributed by atoms with Crippen molar-refractivity contribution in [3.05, 3.63) is 11.6 Å². The molecule has 0 saturated carbocycles. The van der Waals surface area contributed by atoms with E-state index in [4.69, 9.17) is 11.6 Å². The molecule has 0 nitrogen and oxygen atoms in total. The minimum absolute atomic E-state index is 0.217. The summed E-state index contributed by atoms with van der Waals surface area (Å²) in [6.45, 7) is 1.94. The molecule has 2 heteroatoms. The molecule has 0 aliphatic carbocycles. The summed E-state index contributed by atoms with van der Waals surface area (Å²) in [6, 6.07) is 0. The monoisotopic (exact) mass is 192 g/mol. The van der Waals surface area contributed by atoms with Crippen LogP contribution in [-0.2, 0) is 0 Å². The van der Waals surface area contributed by atoms with E-state index >= 15 is 0 Å². The van der Waals surface area contributed by atoms with Gasteiger partial charge in [0.1, 0.15) is 0 Å². The fourth-order valence-corrected chi connectivity index (χ4v) is 1.35. The number of unbranched alkanes of at least 4 members (excludes halogenated alkanes) is 1. The van der Waals surface area contributed by atoms with Gasteiger partial charge in [0.15, 0.2) is 0 Å². The zero-order chi connectivity index (χ0) is 9.23. The van der Waals surface area contributed by atoms with E-state index in [1.807, 2.05) is 6.08 Å². The van der Waals surface area contributed by atoms with E-state index in [0.29, 0.717) is 12.3 Å². The van der Waals surface area contributed by atoms with Crippen LogP contribution in [0.2, 0.25) is 0 Å². The van der Waals surface area contributed by atoms with Gasteiger partial charge >= 0.3 is 0 Å². The second-order valence-electron chi connectivity index (χ2n) is 2.91. The van der Waals surface area contributed by atoms with E-state index in [2.05, 4.69) is 6.92 Å². The van der Waals surface area contributed by atoms with Gasteiger partial charge in [-0.05, 0) is 25.7 Å². The van der Waals surface area contributed by atoms with Crippen molar-refractivity contribution < 1.29 is 4.39 Å². The lowest BCUT2D eigenvalue weighted by Gasteiger charge is -2.04. The highest BCUT2D eigenvalue weighted by Gasteiger charge is 1.96. The van der Waals surface area contributed by atoms with Crippen LogP contribution in [0.1, 0.15) is 39.0 Å². The summed E-state index contributed by atoms with van der Waals surface area (Å²) in [7, 11) is 0. The lowest BCUT2D eigenvalue weighted by Crippen LogP contribution is -1.87. The van der Waals surface area contributed by atoms with Crippen LogP contribution < -0.4 is 0 Å². The lowest BCUT2D eigenvalue weighted by atomic mass is 10.0. The van der Waals surface area contributed by atoms with E-state index in [-0.39, 0.29) is 6.67 Å². The largest absolute Gasteiger partial charge is 0.251 e. The highest BCUT2D eigenvalue weighted by atomic mass is 35.5. The molecule has 0 aliphatic rings. The number of halogens is 2. The SMILES string of the molecule is CCCC/C(=C/CCl)CCCF. The van der Waals surface area contributed by atoms with Crippen molar-refractivity contribution in [3.8, 4) is 0 Å². The van der Waals surface area contributed by atoms with Crippen LogP contribution in [0.4, 0.5) is 4.39 Å². The van der Waals surface area contributed by atoms with Crippen LogP contribution in [-0.4, -0.2) is 12.6 Å². The Morgan fingerprint density at radius 1 is 1.33 bits per heavy atom. The van der Waals surface area contributed by atoms with Gasteiger partial charge < -0.3 is 0 Å². The van der Waals surface area contributed by atoms with E-state index in [1.165, 1.54) is 18.4 Å². The van der Waals surface area contributed by atoms with Crippen LogP contribution in [0.3, 0.4) is 0 Å². The quantitative estimate of drug-likeness (QED) is 0.421. The van der Waals surface area contributed by atoms with Crippen LogP contribution in [0, 0.1) is 0 Å². The van der Waals surface area contributed by atoms with Crippen molar-refractivity contribution in [2.24, 2.45) is 0 Å². The molecule has 0 aliphatic heterocycles. The van der Waals surface area contributed by atoms with Crippen LogP contribution in [0.5, 0.6) is 0 Å². The van der Waals surface area contributed by atoms with Gasteiger partial charge in [0, 0.05) is 5.88 Å². The van der Waals surface area contributed by atoms with Gasteiger partial charge in [-0.1, -0.05) is 25.0 Å². The van der Waals surface area contributed by atoms with Crippen molar-refractivity contribution in [1.82, 2.24) is 0 Å². The second kappa shape index (κ2) is 9.05. The van der Waals surface area contributed by atoms with E-state index in [1.54, 1.807) is 0 Å². The molecule has 0 aromatic heterocycles. The van der Waals surface area contributed by atoms with Crippen LogP contribution >= 0.6 is 11.6 Å². The Labute approximate surface area is 79.8 Å². The first-order valence-corrected chi connectivity index (χ1v) is 5.18. The predicted octanol–water partition coefficient (Wildman–Crippen LogP) is 4.09. The maximum atomic E-state index is 11.9. The molecule has 0 radical (unpaired) electrons. The first-order valence-electron chi connectivity index (χ1n) is 4.65. The number of hydrogen-bond donors (Lipinski definition) is 0. The Bertz CT molecular complexity index is 111. The van der Waals surface area contributed by atoms with Gasteiger partial charge in [-0.15, -0.1) is 11.6 Å². The first kappa shape index (κ1) is 12.0. The van der Waals surface area contributed by atoms with Crippen molar-refractivity contribution >= 4 is 11.6 Å². The molecule has 0 bridgehead atoms. The summed E-state index contributed by atoms with van der Waals surface area (Å²) in [5, 5.41) is 0. The summed E-state index contributed by atoms with van der Waals surface area (Å²) >= 11 is 5.58. The molecule has 0 rings (SSSR count). The topological polar surface area (TPSA) is 0 Å². The Morgan fingerprint density at radius 2 is 2.00 bits per heavy atom. The summed E-state index contributed by atoms with van der Waals surface area (Å²) in [5.41, 5.74) is 1.32. The van der Waals surface area contributed by atoms with Gasteiger partial charge in [-0.25, -0.2) is 0 Å². The third-order valence-corrected chi connectivity index (χ3v) is 2.00. The van der Waals surface area contributed by atoms with Crippen molar-refractivity contribution in [3.63, 3.8) is 0 Å². The summed E-state index contributed by atoms with van der Waals surface area (Å²) in [6.07, 6.45) is 7.01. The summed E-state index contributed by atoms with van der Waals surface area (Å²) in [5.74, 6) is 0.561. The lowest BCUT2D eigenvalue weighted by molar-refractivity contribution is 0.470. The Hall–Kier alpha value is -0.0400. The smallest absolute Gasteiger partial charge is 0.0897 e. The second-order valence-corrected chi connectivity index (χ2v) is 3.22. The molecule has 0 atom stereocenters. The molecule has 0 fully saturated rings. The molecule has 0 unspecified atom stereocenters. The maximum Gasteiger partial charge on any atom is 0.0897 e. The fourth-order valence-electron chi connectivity index (χ4n) is 1.14. The molecular weight excluding hydrogens is 175 g/mol. The number of hydrogen-bond acceptors (Lipinski definition) is 0. The van der Waals surface area contributed by atoms with Gasteiger partial charge in [-0.3, -0.25) is 4.39 Å². The fraction of sp³-hybridized carbons (Fsp3) is 0.800. The Balaban J connectivity index is 3.62. The average Bonchev–Trinajstić information content (AvgIpc) is 2.10. The minimum Gasteiger partial charge on any atom is -0.251 e. The van der Waals surface area contributed by atoms with Gasteiger partial charge in [0.25, 0.3) is 0 Å². The van der Waals surface area contributed by atoms with Crippen molar-refractivity contribution in [2.45, 2.75) is 39.0 Å². The highest BCUT2D eigenvalue weighted by Crippen LogP contribution is 2.13. The molecule has 0 spiro atoms. The van der Waals surface area contributed by atoms with E-state index < -0.39 is 0 Å². The molecule has 0 saturated heterocycles. The number of rotatable bonds is 7. The van der Waals surface area contributed by atoms with Gasteiger partial charge in [0.05, 0.1) is 6.67 Å². The van der Waals surface area contributed by atoms with Crippen molar-refractivity contribution in [1.29, 1.82) is 0 Å². The minimum atomic E-state index is -0.217. The third-order valence-electron chi connectivity index (χ3n) is 1.85. The van der Waals surface area contributed by atoms with Gasteiger partial charge in [0.2, 0.25) is 0 Å². The Morgan fingerprint density at radius 3 is 2.50 bits per heavy atom. The van der Waals surface area contributed by atoms with E-state index in [0.717, 1.165) is 12.8 Å². The predicted molar refractivity (Wildman–Crippen MR) is 53.5 cm³/mol. The van der Waals surface area contributed by atoms with E-state index in [9.17, 15) is 4.39 Å². The third kappa shape index (κ3) is 6.66. The number of alkyl halides is 2. The highest BCUT2D eigenvalue weighted by molar-refractivity contribution is 6.18. The van der Waals surface area contributed by atoms with Crippen LogP contribution in [0.25, 0.3) is 0 Å². The average molecular weight is 193 g/mol. The number of allylic oxidation sites excluding steroid dienone is 2. The molecule has 0 N–H and O–H groups in total. The summed E-state index contributed by atoms with van der Waals surface area (Å²) in [4.78, 5) is 0. The molecule has 0 heterocycles. The zero-order valence-corrected chi connectivity index (χ0v) is 8.54. The van der Waals surface area contributed by atoms with Crippen molar-refractivity contribution in [2.75, 3.05) is 12.6 Å². The van der Waals surface area contributed by atoms with Gasteiger partial charge in [-0.2, -0.15) is 0 Å². The normalized spacial score (nSPS) is 12.1.